The summed E-state index contributed by atoms with van der Waals surface area (Å²) in [7, 11) is -1.10. The van der Waals surface area contributed by atoms with Crippen molar-refractivity contribution < 1.29 is 13.2 Å². The average molecular weight is 459 g/mol. The van der Waals surface area contributed by atoms with Gasteiger partial charge in [0, 0.05) is 31.9 Å². The highest BCUT2D eigenvalue weighted by Crippen LogP contribution is 2.31. The van der Waals surface area contributed by atoms with Crippen LogP contribution < -0.4 is 10.2 Å². The number of piperazine rings is 1. The van der Waals surface area contributed by atoms with Crippen LogP contribution in [0, 0.1) is 0 Å². The van der Waals surface area contributed by atoms with E-state index in [1.54, 1.807) is 42.5 Å². The smallest absolute Gasteiger partial charge is 0.228 e. The van der Waals surface area contributed by atoms with Crippen LogP contribution in [-0.4, -0.2) is 63.2 Å². The number of fused-ring (bicyclic) bond motifs is 1. The summed E-state index contributed by atoms with van der Waals surface area (Å²) in [6, 6.07) is 12.3. The van der Waals surface area contributed by atoms with Crippen molar-refractivity contribution in [3.05, 3.63) is 48.0 Å². The van der Waals surface area contributed by atoms with Crippen LogP contribution >= 0.6 is 11.3 Å². The Labute approximate surface area is 186 Å². The first-order valence-corrected chi connectivity index (χ1v) is 12.8. The molecule has 3 aromatic rings. The minimum Gasteiger partial charge on any atom is -0.345 e. The van der Waals surface area contributed by atoms with E-state index in [2.05, 4.69) is 22.2 Å². The minimum atomic E-state index is -3.23. The zero-order valence-electron chi connectivity index (χ0n) is 17.7. The number of benzene rings is 2. The third-order valence-electron chi connectivity index (χ3n) is 5.46. The van der Waals surface area contributed by atoms with Crippen molar-refractivity contribution in [1.82, 2.24) is 9.88 Å². The van der Waals surface area contributed by atoms with Gasteiger partial charge in [0.1, 0.15) is 0 Å². The number of nitrogens with one attached hydrogen (secondary N) is 1. The molecule has 0 unspecified atom stereocenters. The van der Waals surface area contributed by atoms with Crippen LogP contribution in [0.25, 0.3) is 10.2 Å². The Kier molecular flexibility index (Phi) is 6.27. The maximum atomic E-state index is 12.5. The number of sulfone groups is 1. The SMILES string of the molecule is CCS(=O)(=O)c1ccc(CC(=O)Nc2ccc3nc(N4CCN(C)CC4)sc3c2)cc1. The van der Waals surface area contributed by atoms with Crippen molar-refractivity contribution in [2.45, 2.75) is 18.2 Å². The quantitative estimate of drug-likeness (QED) is 0.611. The highest BCUT2D eigenvalue weighted by atomic mass is 32.2. The van der Waals surface area contributed by atoms with Gasteiger partial charge in [0.2, 0.25) is 5.91 Å². The zero-order valence-corrected chi connectivity index (χ0v) is 19.3. The number of amides is 1. The zero-order chi connectivity index (χ0) is 22.0. The number of carbonyl (C=O) groups excluding carboxylic acids is 1. The third-order valence-corrected chi connectivity index (χ3v) is 8.29. The first-order valence-electron chi connectivity index (χ1n) is 10.3. The fraction of sp³-hybridized carbons (Fsp3) is 0.364. The molecule has 31 heavy (non-hydrogen) atoms. The van der Waals surface area contributed by atoms with E-state index in [1.165, 1.54) is 0 Å². The molecule has 4 rings (SSSR count). The van der Waals surface area contributed by atoms with Gasteiger partial charge in [-0.05, 0) is 42.9 Å². The summed E-state index contributed by atoms with van der Waals surface area (Å²) in [5.74, 6) is -0.0853. The van der Waals surface area contributed by atoms with E-state index in [4.69, 9.17) is 4.98 Å². The second-order valence-electron chi connectivity index (χ2n) is 7.74. The molecule has 0 atom stereocenters. The molecule has 0 saturated carbocycles. The van der Waals surface area contributed by atoms with Crippen molar-refractivity contribution in [2.24, 2.45) is 0 Å². The van der Waals surface area contributed by atoms with Gasteiger partial charge < -0.3 is 15.1 Å². The number of thiazole rings is 1. The third kappa shape index (κ3) is 5.06. The Hall–Kier alpha value is -2.49. The van der Waals surface area contributed by atoms with Gasteiger partial charge in [0.25, 0.3) is 0 Å². The predicted molar refractivity (Wildman–Crippen MR) is 126 cm³/mol. The summed E-state index contributed by atoms with van der Waals surface area (Å²) in [6.07, 6.45) is 0.180. The lowest BCUT2D eigenvalue weighted by molar-refractivity contribution is -0.115. The van der Waals surface area contributed by atoms with Crippen LogP contribution in [0.5, 0.6) is 0 Å². The number of rotatable bonds is 6. The van der Waals surface area contributed by atoms with Gasteiger partial charge in [-0.3, -0.25) is 4.79 Å². The molecule has 1 aromatic heterocycles. The van der Waals surface area contributed by atoms with E-state index in [0.717, 1.165) is 52.8 Å². The second-order valence-corrected chi connectivity index (χ2v) is 11.0. The molecule has 0 bridgehead atoms. The van der Waals surface area contributed by atoms with Gasteiger partial charge in [0.05, 0.1) is 27.3 Å². The Bertz CT molecular complexity index is 1180. The van der Waals surface area contributed by atoms with Gasteiger partial charge in [-0.25, -0.2) is 13.4 Å². The molecule has 0 radical (unpaired) electrons. The second kappa shape index (κ2) is 8.94. The van der Waals surface area contributed by atoms with Crippen molar-refractivity contribution >= 4 is 48.1 Å². The Morgan fingerprint density at radius 1 is 1.10 bits per heavy atom. The van der Waals surface area contributed by atoms with Crippen molar-refractivity contribution in [3.63, 3.8) is 0 Å². The van der Waals surface area contributed by atoms with Crippen molar-refractivity contribution in [3.8, 4) is 0 Å². The largest absolute Gasteiger partial charge is 0.345 e. The number of likely N-dealkylation sites (N-methyl/N-ethyl adjacent to an activating group) is 1. The van der Waals surface area contributed by atoms with E-state index in [9.17, 15) is 13.2 Å². The van der Waals surface area contributed by atoms with E-state index >= 15 is 0 Å². The molecule has 1 N–H and O–H groups in total. The predicted octanol–water partition coefficient (Wildman–Crippen LogP) is 3.02. The van der Waals surface area contributed by atoms with Crippen LogP contribution in [0.15, 0.2) is 47.4 Å². The molecule has 2 aromatic carbocycles. The Morgan fingerprint density at radius 3 is 2.48 bits per heavy atom. The number of aromatic nitrogens is 1. The van der Waals surface area contributed by atoms with Crippen LogP contribution in [0.3, 0.4) is 0 Å². The molecular formula is C22H26N4O3S2. The molecule has 0 spiro atoms. The highest BCUT2D eigenvalue weighted by Gasteiger charge is 2.18. The summed E-state index contributed by atoms with van der Waals surface area (Å²) in [4.78, 5) is 22.1. The van der Waals surface area contributed by atoms with Crippen molar-refractivity contribution in [1.29, 1.82) is 0 Å². The maximum absolute atomic E-state index is 12.5. The molecule has 1 amide bonds. The fourth-order valence-corrected chi connectivity index (χ4v) is 5.44. The molecule has 1 aliphatic rings. The first kappa shape index (κ1) is 21.7. The lowest BCUT2D eigenvalue weighted by Crippen LogP contribution is -2.44. The molecular weight excluding hydrogens is 432 g/mol. The molecule has 1 aliphatic heterocycles. The topological polar surface area (TPSA) is 82.6 Å². The van der Waals surface area contributed by atoms with Gasteiger partial charge in [-0.2, -0.15) is 0 Å². The van der Waals surface area contributed by atoms with Crippen LogP contribution in [-0.2, 0) is 21.1 Å². The summed E-state index contributed by atoms with van der Waals surface area (Å²) in [5, 5.41) is 3.96. The van der Waals surface area contributed by atoms with E-state index in [-0.39, 0.29) is 23.0 Å². The highest BCUT2D eigenvalue weighted by molar-refractivity contribution is 7.91. The first-order chi connectivity index (χ1) is 14.8. The van der Waals surface area contributed by atoms with Crippen molar-refractivity contribution in [2.75, 3.05) is 49.2 Å². The number of nitrogens with zero attached hydrogens (tertiary/aromatic N) is 3. The van der Waals surface area contributed by atoms with Gasteiger partial charge >= 0.3 is 0 Å². The summed E-state index contributed by atoms with van der Waals surface area (Å²) >= 11 is 1.64. The van der Waals surface area contributed by atoms with Gasteiger partial charge in [-0.1, -0.05) is 30.4 Å². The average Bonchev–Trinajstić information content (AvgIpc) is 3.18. The number of carbonyl (C=O) groups is 1. The normalized spacial score (nSPS) is 15.4. The van der Waals surface area contributed by atoms with E-state index in [0.29, 0.717) is 0 Å². The fourth-order valence-electron chi connectivity index (χ4n) is 3.50. The molecule has 1 fully saturated rings. The Morgan fingerprint density at radius 2 is 1.81 bits per heavy atom. The molecule has 9 heteroatoms. The van der Waals surface area contributed by atoms with E-state index < -0.39 is 9.84 Å². The lowest BCUT2D eigenvalue weighted by Gasteiger charge is -2.31. The molecule has 0 aliphatic carbocycles. The summed E-state index contributed by atoms with van der Waals surface area (Å²) < 4.78 is 24.9. The molecule has 164 valence electrons. The maximum Gasteiger partial charge on any atom is 0.228 e. The molecule has 2 heterocycles. The molecule has 1 saturated heterocycles. The van der Waals surface area contributed by atoms with Crippen LogP contribution in [0.4, 0.5) is 10.8 Å². The number of hydrogen-bond acceptors (Lipinski definition) is 7. The number of hydrogen-bond donors (Lipinski definition) is 1. The Balaban J connectivity index is 1.41. The monoisotopic (exact) mass is 458 g/mol. The summed E-state index contributed by atoms with van der Waals surface area (Å²) in [6.45, 7) is 5.62. The van der Waals surface area contributed by atoms with E-state index in [1.807, 2.05) is 18.2 Å². The molecule has 7 nitrogen and oxygen atoms in total. The van der Waals surface area contributed by atoms with Crippen LogP contribution in [0.1, 0.15) is 12.5 Å². The van der Waals surface area contributed by atoms with Gasteiger partial charge in [0.15, 0.2) is 15.0 Å². The number of anilines is 2. The lowest BCUT2D eigenvalue weighted by atomic mass is 10.1. The van der Waals surface area contributed by atoms with Gasteiger partial charge in [-0.15, -0.1) is 0 Å². The summed E-state index contributed by atoms with van der Waals surface area (Å²) in [5.41, 5.74) is 2.43. The standard InChI is InChI=1S/C22H26N4O3S2/c1-3-31(28,29)18-7-4-16(5-8-18)14-21(27)23-17-6-9-19-20(15-17)30-22(24-19)26-12-10-25(2)11-13-26/h4-9,15H,3,10-14H2,1-2H3,(H,23,27). The minimum absolute atomic E-state index is 0.0589. The van der Waals surface area contributed by atoms with Crippen LogP contribution in [0.2, 0.25) is 0 Å².